The van der Waals surface area contributed by atoms with E-state index >= 15 is 0 Å². The summed E-state index contributed by atoms with van der Waals surface area (Å²) in [5, 5.41) is 12.3. The average molecular weight is 201 g/mol. The third kappa shape index (κ3) is 3.95. The van der Waals surface area contributed by atoms with Crippen molar-refractivity contribution in [1.82, 2.24) is 5.32 Å². The summed E-state index contributed by atoms with van der Waals surface area (Å²) in [6, 6.07) is 0.509. The predicted molar refractivity (Wildman–Crippen MR) is 57.4 cm³/mol. The van der Waals surface area contributed by atoms with Crippen LogP contribution in [-0.2, 0) is 4.74 Å². The first-order valence-electron chi connectivity index (χ1n) is 5.84. The molecular formula is C11H23NO2. The normalized spacial score (nSPS) is 27.9. The van der Waals surface area contributed by atoms with E-state index in [4.69, 9.17) is 9.84 Å². The molecule has 1 rings (SSSR count). The van der Waals surface area contributed by atoms with Crippen LogP contribution in [0.25, 0.3) is 0 Å². The van der Waals surface area contributed by atoms with Crippen molar-refractivity contribution < 1.29 is 9.84 Å². The Labute approximate surface area is 86.8 Å². The van der Waals surface area contributed by atoms with Gasteiger partial charge < -0.3 is 15.2 Å². The first kappa shape index (κ1) is 12.0. The van der Waals surface area contributed by atoms with Gasteiger partial charge in [0.1, 0.15) is 0 Å². The molecule has 0 saturated carbocycles. The third-order valence-corrected chi connectivity index (χ3v) is 2.80. The number of nitrogens with one attached hydrogen (secondary N) is 1. The molecule has 0 radical (unpaired) electrons. The minimum atomic E-state index is 0.278. The van der Waals surface area contributed by atoms with Gasteiger partial charge in [-0.15, -0.1) is 0 Å². The van der Waals surface area contributed by atoms with Gasteiger partial charge >= 0.3 is 0 Å². The Bertz CT molecular complexity index is 125. The summed E-state index contributed by atoms with van der Waals surface area (Å²) in [4.78, 5) is 0. The topological polar surface area (TPSA) is 41.5 Å². The highest BCUT2D eigenvalue weighted by Crippen LogP contribution is 2.15. The lowest BCUT2D eigenvalue weighted by atomic mass is 9.99. The molecule has 0 aromatic heterocycles. The van der Waals surface area contributed by atoms with Crippen LogP contribution in [-0.4, -0.2) is 37.0 Å². The summed E-state index contributed by atoms with van der Waals surface area (Å²) in [7, 11) is 0. The number of aliphatic hydroxyl groups excluding tert-OH is 1. The van der Waals surface area contributed by atoms with Gasteiger partial charge in [0, 0.05) is 19.2 Å². The Kier molecular flexibility index (Phi) is 6.15. The molecule has 3 nitrogen and oxygen atoms in total. The molecule has 2 atom stereocenters. The van der Waals surface area contributed by atoms with Crippen LogP contribution in [0.2, 0.25) is 0 Å². The first-order chi connectivity index (χ1) is 6.88. The molecule has 3 heteroatoms. The smallest absolute Gasteiger partial charge is 0.0729 e. The first-order valence-corrected chi connectivity index (χ1v) is 5.84. The minimum Gasteiger partial charge on any atom is -0.396 e. The largest absolute Gasteiger partial charge is 0.396 e. The lowest BCUT2D eigenvalue weighted by molar-refractivity contribution is -0.0143. The van der Waals surface area contributed by atoms with Crippen molar-refractivity contribution in [3.8, 4) is 0 Å². The standard InChI is InChI=1S/C11H23NO2/c1-2-3-5-10-11(6-4-8-13)14-9-7-12-10/h10-13H,2-9H2,1H3. The molecule has 1 fully saturated rings. The van der Waals surface area contributed by atoms with Crippen molar-refractivity contribution in [2.24, 2.45) is 0 Å². The predicted octanol–water partition coefficient (Wildman–Crippen LogP) is 1.31. The van der Waals surface area contributed by atoms with Crippen LogP contribution >= 0.6 is 0 Å². The van der Waals surface area contributed by atoms with Crippen LogP contribution in [0.5, 0.6) is 0 Å². The summed E-state index contributed by atoms with van der Waals surface area (Å²) >= 11 is 0. The highest BCUT2D eigenvalue weighted by molar-refractivity contribution is 4.80. The summed E-state index contributed by atoms with van der Waals surface area (Å²) in [5.41, 5.74) is 0. The molecule has 1 aliphatic rings. The van der Waals surface area contributed by atoms with E-state index in [1.807, 2.05) is 0 Å². The van der Waals surface area contributed by atoms with E-state index in [1.54, 1.807) is 0 Å². The van der Waals surface area contributed by atoms with Crippen molar-refractivity contribution >= 4 is 0 Å². The van der Waals surface area contributed by atoms with Gasteiger partial charge in [0.2, 0.25) is 0 Å². The van der Waals surface area contributed by atoms with Crippen LogP contribution in [0.3, 0.4) is 0 Å². The summed E-state index contributed by atoms with van der Waals surface area (Å²) < 4.78 is 5.72. The number of rotatable bonds is 6. The molecule has 0 aliphatic carbocycles. The highest BCUT2D eigenvalue weighted by atomic mass is 16.5. The number of hydrogen-bond donors (Lipinski definition) is 2. The van der Waals surface area contributed by atoms with Gasteiger partial charge in [0.05, 0.1) is 12.7 Å². The van der Waals surface area contributed by atoms with Crippen molar-refractivity contribution in [2.45, 2.75) is 51.2 Å². The van der Waals surface area contributed by atoms with E-state index in [1.165, 1.54) is 19.3 Å². The summed E-state index contributed by atoms with van der Waals surface area (Å²) in [5.74, 6) is 0. The lowest BCUT2D eigenvalue weighted by Gasteiger charge is -2.33. The van der Waals surface area contributed by atoms with Gasteiger partial charge in [0.15, 0.2) is 0 Å². The molecule has 1 saturated heterocycles. The molecule has 0 aromatic rings. The molecule has 2 unspecified atom stereocenters. The van der Waals surface area contributed by atoms with Crippen molar-refractivity contribution in [3.05, 3.63) is 0 Å². The monoisotopic (exact) mass is 201 g/mol. The number of ether oxygens (including phenoxy) is 1. The molecule has 1 aliphatic heterocycles. The fourth-order valence-corrected chi connectivity index (χ4v) is 1.99. The fraction of sp³-hybridized carbons (Fsp3) is 1.00. The quantitative estimate of drug-likeness (QED) is 0.681. The molecule has 0 spiro atoms. The minimum absolute atomic E-state index is 0.278. The zero-order valence-corrected chi connectivity index (χ0v) is 9.17. The molecular weight excluding hydrogens is 178 g/mol. The Morgan fingerprint density at radius 3 is 2.93 bits per heavy atom. The van der Waals surface area contributed by atoms with Crippen LogP contribution in [0.15, 0.2) is 0 Å². The van der Waals surface area contributed by atoms with Crippen molar-refractivity contribution in [2.75, 3.05) is 19.8 Å². The third-order valence-electron chi connectivity index (χ3n) is 2.80. The average Bonchev–Trinajstić information content (AvgIpc) is 2.24. The van der Waals surface area contributed by atoms with Crippen LogP contribution in [0, 0.1) is 0 Å². The van der Waals surface area contributed by atoms with E-state index in [0.29, 0.717) is 12.1 Å². The fourth-order valence-electron chi connectivity index (χ4n) is 1.99. The van der Waals surface area contributed by atoms with Crippen molar-refractivity contribution in [3.63, 3.8) is 0 Å². The summed E-state index contributed by atoms with van der Waals surface area (Å²) in [6.45, 7) is 4.29. The van der Waals surface area contributed by atoms with Gasteiger partial charge in [-0.3, -0.25) is 0 Å². The van der Waals surface area contributed by atoms with Gasteiger partial charge in [0.25, 0.3) is 0 Å². The number of hydrogen-bond acceptors (Lipinski definition) is 3. The molecule has 1 heterocycles. The lowest BCUT2D eigenvalue weighted by Crippen LogP contribution is -2.48. The Hall–Kier alpha value is -0.120. The Balaban J connectivity index is 2.26. The van der Waals surface area contributed by atoms with Gasteiger partial charge in [-0.25, -0.2) is 0 Å². The Morgan fingerprint density at radius 1 is 1.36 bits per heavy atom. The van der Waals surface area contributed by atoms with Gasteiger partial charge in [-0.05, 0) is 19.3 Å². The second kappa shape index (κ2) is 7.21. The molecule has 14 heavy (non-hydrogen) atoms. The van der Waals surface area contributed by atoms with Gasteiger partial charge in [-0.2, -0.15) is 0 Å². The number of aliphatic hydroxyl groups is 1. The van der Waals surface area contributed by atoms with E-state index in [-0.39, 0.29) is 6.61 Å². The molecule has 0 amide bonds. The SMILES string of the molecule is CCCCC1NCCOC1CCCO. The zero-order valence-electron chi connectivity index (χ0n) is 9.17. The molecule has 2 N–H and O–H groups in total. The summed E-state index contributed by atoms with van der Waals surface area (Å²) in [6.07, 6.45) is 5.86. The van der Waals surface area contributed by atoms with Crippen molar-refractivity contribution in [1.29, 1.82) is 0 Å². The van der Waals surface area contributed by atoms with E-state index < -0.39 is 0 Å². The maximum atomic E-state index is 8.78. The van der Waals surface area contributed by atoms with Crippen LogP contribution in [0.4, 0.5) is 0 Å². The number of unbranched alkanes of at least 4 members (excludes halogenated alkanes) is 1. The maximum Gasteiger partial charge on any atom is 0.0729 e. The molecule has 0 bridgehead atoms. The maximum absolute atomic E-state index is 8.78. The van der Waals surface area contributed by atoms with E-state index in [0.717, 1.165) is 26.0 Å². The van der Waals surface area contributed by atoms with Gasteiger partial charge in [-0.1, -0.05) is 19.8 Å². The number of morpholine rings is 1. The molecule has 0 aromatic carbocycles. The van der Waals surface area contributed by atoms with E-state index in [2.05, 4.69) is 12.2 Å². The zero-order chi connectivity index (χ0) is 10.2. The van der Waals surface area contributed by atoms with Crippen LogP contribution < -0.4 is 5.32 Å². The molecule has 84 valence electrons. The Morgan fingerprint density at radius 2 is 2.21 bits per heavy atom. The highest BCUT2D eigenvalue weighted by Gasteiger charge is 2.24. The van der Waals surface area contributed by atoms with E-state index in [9.17, 15) is 0 Å². The second-order valence-corrected chi connectivity index (χ2v) is 3.98. The second-order valence-electron chi connectivity index (χ2n) is 3.98. The van der Waals surface area contributed by atoms with Crippen LogP contribution in [0.1, 0.15) is 39.0 Å².